The number of fused-ring (bicyclic) bond motifs is 1. The van der Waals surface area contributed by atoms with E-state index in [1.807, 2.05) is 60.8 Å². The van der Waals surface area contributed by atoms with Crippen molar-refractivity contribution in [2.24, 2.45) is 0 Å². The Morgan fingerprint density at radius 3 is 2.75 bits per heavy atom. The number of aromatic amines is 1. The van der Waals surface area contributed by atoms with Crippen LogP contribution in [-0.4, -0.2) is 11.1 Å². The number of nitrogens with one attached hydrogen (secondary N) is 2. The van der Waals surface area contributed by atoms with Gasteiger partial charge in [0.05, 0.1) is 11.2 Å². The molecule has 0 aliphatic heterocycles. The highest BCUT2D eigenvalue weighted by Gasteiger charge is 2.07. The predicted octanol–water partition coefficient (Wildman–Crippen LogP) is 3.92. The summed E-state index contributed by atoms with van der Waals surface area (Å²) < 4.78 is 5.19. The fourth-order valence-corrected chi connectivity index (χ4v) is 2.06. The number of anilines is 1. The summed E-state index contributed by atoms with van der Waals surface area (Å²) in [4.78, 5) is 14.9. The molecule has 2 N–H and O–H groups in total. The highest BCUT2D eigenvalue weighted by molar-refractivity contribution is 5.98. The number of benzene rings is 2. The lowest BCUT2D eigenvalue weighted by Crippen LogP contribution is -2.13. The molecular formula is C16H14N2O2. The smallest absolute Gasteiger partial charge is 0.412 e. The topological polar surface area (TPSA) is 54.1 Å². The molecule has 0 aliphatic rings. The molecule has 3 aromatic rings. The Hall–Kier alpha value is -2.75. The summed E-state index contributed by atoms with van der Waals surface area (Å²) in [5.41, 5.74) is 2.57. The van der Waals surface area contributed by atoms with E-state index < -0.39 is 6.09 Å². The van der Waals surface area contributed by atoms with Gasteiger partial charge in [-0.3, -0.25) is 5.32 Å². The second-order valence-electron chi connectivity index (χ2n) is 4.43. The SMILES string of the molecule is O=C(Nc1cccc2cc[nH]c12)OCc1ccccc1. The summed E-state index contributed by atoms with van der Waals surface area (Å²) in [5, 5.41) is 3.80. The molecule has 0 spiro atoms. The monoisotopic (exact) mass is 266 g/mol. The molecule has 0 saturated heterocycles. The van der Waals surface area contributed by atoms with E-state index in [2.05, 4.69) is 10.3 Å². The molecule has 4 nitrogen and oxygen atoms in total. The zero-order chi connectivity index (χ0) is 13.8. The minimum atomic E-state index is -0.462. The highest BCUT2D eigenvalue weighted by atomic mass is 16.5. The number of carbonyl (C=O) groups excluding carboxylic acids is 1. The summed E-state index contributed by atoms with van der Waals surface area (Å²) >= 11 is 0. The summed E-state index contributed by atoms with van der Waals surface area (Å²) in [5.74, 6) is 0. The van der Waals surface area contributed by atoms with Crippen LogP contribution >= 0.6 is 0 Å². The van der Waals surface area contributed by atoms with Crippen molar-refractivity contribution in [3.8, 4) is 0 Å². The molecule has 20 heavy (non-hydrogen) atoms. The molecule has 0 atom stereocenters. The minimum Gasteiger partial charge on any atom is -0.444 e. The normalized spacial score (nSPS) is 10.4. The van der Waals surface area contributed by atoms with Gasteiger partial charge >= 0.3 is 6.09 Å². The average molecular weight is 266 g/mol. The molecule has 0 saturated carbocycles. The van der Waals surface area contributed by atoms with Gasteiger partial charge in [-0.15, -0.1) is 0 Å². The molecule has 0 aliphatic carbocycles. The van der Waals surface area contributed by atoms with Gasteiger partial charge in [-0.1, -0.05) is 42.5 Å². The summed E-state index contributed by atoms with van der Waals surface area (Å²) in [6, 6.07) is 17.2. The molecule has 0 unspecified atom stereocenters. The summed E-state index contributed by atoms with van der Waals surface area (Å²) in [6.45, 7) is 0.257. The molecule has 1 aromatic heterocycles. The van der Waals surface area contributed by atoms with Crippen LogP contribution in [0.2, 0.25) is 0 Å². The molecular weight excluding hydrogens is 252 g/mol. The Labute approximate surface area is 116 Å². The Balaban J connectivity index is 1.66. The van der Waals surface area contributed by atoms with Crippen LogP contribution in [0.25, 0.3) is 10.9 Å². The zero-order valence-corrected chi connectivity index (χ0v) is 10.8. The fourth-order valence-electron chi connectivity index (χ4n) is 2.06. The van der Waals surface area contributed by atoms with E-state index in [0.717, 1.165) is 16.5 Å². The number of hydrogen-bond acceptors (Lipinski definition) is 2. The largest absolute Gasteiger partial charge is 0.444 e. The summed E-state index contributed by atoms with van der Waals surface area (Å²) in [7, 11) is 0. The van der Waals surface area contributed by atoms with Crippen molar-refractivity contribution >= 4 is 22.7 Å². The number of para-hydroxylation sites is 1. The van der Waals surface area contributed by atoms with E-state index in [1.54, 1.807) is 0 Å². The van der Waals surface area contributed by atoms with E-state index in [9.17, 15) is 4.79 Å². The van der Waals surface area contributed by atoms with Gasteiger partial charge in [-0.2, -0.15) is 0 Å². The second-order valence-corrected chi connectivity index (χ2v) is 4.43. The number of rotatable bonds is 3. The molecule has 1 amide bonds. The molecule has 3 rings (SSSR count). The minimum absolute atomic E-state index is 0.257. The van der Waals surface area contributed by atoms with E-state index >= 15 is 0 Å². The first-order chi connectivity index (χ1) is 9.83. The van der Waals surface area contributed by atoms with Crippen molar-refractivity contribution in [2.45, 2.75) is 6.61 Å². The molecule has 100 valence electrons. The number of aromatic nitrogens is 1. The maximum Gasteiger partial charge on any atom is 0.412 e. The van der Waals surface area contributed by atoms with Crippen LogP contribution in [0.3, 0.4) is 0 Å². The second kappa shape index (κ2) is 5.48. The Kier molecular flexibility index (Phi) is 3.37. The molecule has 2 aromatic carbocycles. The van der Waals surface area contributed by atoms with Crippen molar-refractivity contribution < 1.29 is 9.53 Å². The fraction of sp³-hybridized carbons (Fsp3) is 0.0625. The van der Waals surface area contributed by atoms with Crippen LogP contribution in [0, 0.1) is 0 Å². The van der Waals surface area contributed by atoms with Crippen LogP contribution in [0.5, 0.6) is 0 Å². The summed E-state index contributed by atoms with van der Waals surface area (Å²) in [6.07, 6.45) is 1.38. The Morgan fingerprint density at radius 2 is 1.90 bits per heavy atom. The van der Waals surface area contributed by atoms with Gasteiger partial charge in [0.2, 0.25) is 0 Å². The van der Waals surface area contributed by atoms with Crippen molar-refractivity contribution in [3.05, 3.63) is 66.4 Å². The third-order valence-corrected chi connectivity index (χ3v) is 3.04. The van der Waals surface area contributed by atoms with E-state index in [0.29, 0.717) is 5.69 Å². The first-order valence-electron chi connectivity index (χ1n) is 6.37. The van der Waals surface area contributed by atoms with Gasteiger partial charge in [0.25, 0.3) is 0 Å². The Bertz CT molecular complexity index is 719. The third kappa shape index (κ3) is 2.64. The molecule has 0 bridgehead atoms. The average Bonchev–Trinajstić information content (AvgIpc) is 2.96. The van der Waals surface area contributed by atoms with Crippen molar-refractivity contribution in [2.75, 3.05) is 5.32 Å². The number of amides is 1. The number of H-pyrrole nitrogens is 1. The van der Waals surface area contributed by atoms with Gasteiger partial charge in [-0.25, -0.2) is 4.79 Å². The van der Waals surface area contributed by atoms with Gasteiger partial charge in [0.15, 0.2) is 0 Å². The molecule has 0 fully saturated rings. The number of ether oxygens (including phenoxy) is 1. The van der Waals surface area contributed by atoms with Gasteiger partial charge in [0, 0.05) is 11.6 Å². The van der Waals surface area contributed by atoms with Crippen LogP contribution in [-0.2, 0) is 11.3 Å². The van der Waals surface area contributed by atoms with Crippen molar-refractivity contribution in [1.82, 2.24) is 4.98 Å². The van der Waals surface area contributed by atoms with E-state index in [-0.39, 0.29) is 6.61 Å². The van der Waals surface area contributed by atoms with Crippen LogP contribution in [0.1, 0.15) is 5.56 Å². The van der Waals surface area contributed by atoms with Crippen molar-refractivity contribution in [3.63, 3.8) is 0 Å². The lowest BCUT2D eigenvalue weighted by Gasteiger charge is -2.08. The maximum atomic E-state index is 11.8. The zero-order valence-electron chi connectivity index (χ0n) is 10.8. The number of carbonyl (C=O) groups is 1. The highest BCUT2D eigenvalue weighted by Crippen LogP contribution is 2.21. The van der Waals surface area contributed by atoms with Crippen LogP contribution in [0.4, 0.5) is 10.5 Å². The van der Waals surface area contributed by atoms with Gasteiger partial charge in [-0.05, 0) is 17.7 Å². The van der Waals surface area contributed by atoms with Crippen LogP contribution < -0.4 is 5.32 Å². The standard InChI is InChI=1S/C16H14N2O2/c19-16(20-11-12-5-2-1-3-6-12)18-14-8-4-7-13-9-10-17-15(13)14/h1-10,17H,11H2,(H,18,19). The number of hydrogen-bond donors (Lipinski definition) is 2. The first kappa shape index (κ1) is 12.3. The molecule has 0 radical (unpaired) electrons. The molecule has 4 heteroatoms. The molecule has 1 heterocycles. The predicted molar refractivity (Wildman–Crippen MR) is 78.5 cm³/mol. The van der Waals surface area contributed by atoms with Gasteiger partial charge in [0.1, 0.15) is 6.61 Å². The first-order valence-corrected chi connectivity index (χ1v) is 6.37. The van der Waals surface area contributed by atoms with E-state index in [1.165, 1.54) is 0 Å². The lowest BCUT2D eigenvalue weighted by atomic mass is 10.2. The quantitative estimate of drug-likeness (QED) is 0.755. The third-order valence-electron chi connectivity index (χ3n) is 3.04. The van der Waals surface area contributed by atoms with Gasteiger partial charge < -0.3 is 9.72 Å². The Morgan fingerprint density at radius 1 is 1.05 bits per heavy atom. The van der Waals surface area contributed by atoms with Crippen molar-refractivity contribution in [1.29, 1.82) is 0 Å². The maximum absolute atomic E-state index is 11.8. The lowest BCUT2D eigenvalue weighted by molar-refractivity contribution is 0.155. The van der Waals surface area contributed by atoms with Crippen LogP contribution in [0.15, 0.2) is 60.8 Å². The van der Waals surface area contributed by atoms with E-state index in [4.69, 9.17) is 4.74 Å².